The van der Waals surface area contributed by atoms with Gasteiger partial charge in [0.05, 0.1) is 22.3 Å². The van der Waals surface area contributed by atoms with Crippen LogP contribution in [0.1, 0.15) is 6.92 Å². The summed E-state index contributed by atoms with van der Waals surface area (Å²) in [5, 5.41) is 3.11. The van der Waals surface area contributed by atoms with Gasteiger partial charge in [-0.15, -0.1) is 0 Å². The number of carbonyl (C=O) groups excluding carboxylic acids is 1. The predicted octanol–water partition coefficient (Wildman–Crippen LogP) is 2.89. The molecular weight excluding hydrogens is 360 g/mol. The molecule has 0 unspecified atom stereocenters. The second-order valence-corrected chi connectivity index (χ2v) is 6.33. The van der Waals surface area contributed by atoms with Gasteiger partial charge < -0.3 is 5.32 Å². The fourth-order valence-corrected chi connectivity index (χ4v) is 3.30. The van der Waals surface area contributed by atoms with Gasteiger partial charge in [0.2, 0.25) is 5.91 Å². The van der Waals surface area contributed by atoms with Crippen LogP contribution in [0.2, 0.25) is 0 Å². The Morgan fingerprint density at radius 2 is 2.00 bits per heavy atom. The third kappa shape index (κ3) is 3.60. The number of nitrogens with one attached hydrogen (secondary N) is 1. The van der Waals surface area contributed by atoms with Crippen LogP contribution in [0.5, 0.6) is 0 Å². The Kier molecular flexibility index (Phi) is 5.32. The SMILES string of the molecule is CCNC(=O)CSc1nc2ccccc2c(=O)n1-c1ccc(F)cc1F. The van der Waals surface area contributed by atoms with E-state index in [1.54, 1.807) is 31.2 Å². The molecule has 1 aromatic heterocycles. The van der Waals surface area contributed by atoms with Crippen LogP contribution in [0, 0.1) is 11.6 Å². The molecular formula is C18H15F2N3O2S. The summed E-state index contributed by atoms with van der Waals surface area (Å²) in [6, 6.07) is 9.61. The van der Waals surface area contributed by atoms with E-state index in [1.807, 2.05) is 0 Å². The number of carbonyl (C=O) groups is 1. The first-order chi connectivity index (χ1) is 12.5. The first-order valence-corrected chi connectivity index (χ1v) is 8.86. The number of halogens is 2. The van der Waals surface area contributed by atoms with E-state index in [2.05, 4.69) is 10.3 Å². The van der Waals surface area contributed by atoms with Gasteiger partial charge in [-0.1, -0.05) is 23.9 Å². The van der Waals surface area contributed by atoms with Gasteiger partial charge in [0.15, 0.2) is 5.16 Å². The highest BCUT2D eigenvalue weighted by Crippen LogP contribution is 2.23. The van der Waals surface area contributed by atoms with Crippen molar-refractivity contribution in [2.45, 2.75) is 12.1 Å². The Labute approximate surface area is 152 Å². The average Bonchev–Trinajstić information content (AvgIpc) is 2.61. The van der Waals surface area contributed by atoms with E-state index in [9.17, 15) is 18.4 Å². The lowest BCUT2D eigenvalue weighted by Gasteiger charge is -2.13. The first kappa shape index (κ1) is 18.1. The number of rotatable bonds is 5. The molecule has 0 aliphatic carbocycles. The summed E-state index contributed by atoms with van der Waals surface area (Å²) in [5.74, 6) is -1.85. The molecule has 2 aromatic carbocycles. The lowest BCUT2D eigenvalue weighted by molar-refractivity contribution is -0.118. The van der Waals surface area contributed by atoms with E-state index in [4.69, 9.17) is 0 Å². The third-order valence-electron chi connectivity index (χ3n) is 3.60. The van der Waals surface area contributed by atoms with Gasteiger partial charge in [0.1, 0.15) is 11.6 Å². The molecule has 5 nitrogen and oxygen atoms in total. The highest BCUT2D eigenvalue weighted by molar-refractivity contribution is 7.99. The zero-order valence-electron chi connectivity index (χ0n) is 13.8. The highest BCUT2D eigenvalue weighted by atomic mass is 32.2. The smallest absolute Gasteiger partial charge is 0.266 e. The maximum Gasteiger partial charge on any atom is 0.266 e. The Morgan fingerprint density at radius 3 is 2.73 bits per heavy atom. The predicted molar refractivity (Wildman–Crippen MR) is 96.7 cm³/mol. The number of thioether (sulfide) groups is 1. The largest absolute Gasteiger partial charge is 0.356 e. The Bertz CT molecular complexity index is 1040. The minimum atomic E-state index is -0.885. The van der Waals surface area contributed by atoms with Crippen LogP contribution >= 0.6 is 11.8 Å². The second-order valence-electron chi connectivity index (χ2n) is 5.39. The van der Waals surface area contributed by atoms with Gasteiger partial charge in [-0.25, -0.2) is 13.8 Å². The molecule has 3 rings (SSSR count). The Hall–Kier alpha value is -2.74. The Morgan fingerprint density at radius 1 is 1.23 bits per heavy atom. The standard InChI is InChI=1S/C18H15F2N3O2S/c1-2-21-16(24)10-26-18-22-14-6-4-3-5-12(14)17(25)23(18)15-8-7-11(19)9-13(15)20/h3-9H,2,10H2,1H3,(H,21,24). The van der Waals surface area contributed by atoms with Crippen molar-refractivity contribution >= 4 is 28.6 Å². The fourth-order valence-electron chi connectivity index (χ4n) is 2.46. The van der Waals surface area contributed by atoms with Crippen LogP contribution in [0.4, 0.5) is 8.78 Å². The summed E-state index contributed by atoms with van der Waals surface area (Å²) in [6.45, 7) is 2.27. The fraction of sp³-hybridized carbons (Fsp3) is 0.167. The van der Waals surface area contributed by atoms with Crippen molar-refractivity contribution in [3.63, 3.8) is 0 Å². The van der Waals surface area contributed by atoms with Gasteiger partial charge >= 0.3 is 0 Å². The summed E-state index contributed by atoms with van der Waals surface area (Å²) >= 11 is 1.01. The van der Waals surface area contributed by atoms with E-state index in [0.717, 1.165) is 22.4 Å². The minimum Gasteiger partial charge on any atom is -0.356 e. The molecule has 26 heavy (non-hydrogen) atoms. The normalized spacial score (nSPS) is 10.9. The second kappa shape index (κ2) is 7.65. The molecule has 0 radical (unpaired) electrons. The molecule has 0 fully saturated rings. The molecule has 0 spiro atoms. The van der Waals surface area contributed by atoms with Crippen LogP contribution < -0.4 is 10.9 Å². The lowest BCUT2D eigenvalue weighted by Crippen LogP contribution is -2.26. The van der Waals surface area contributed by atoms with Gasteiger partial charge in [-0.2, -0.15) is 0 Å². The van der Waals surface area contributed by atoms with Crippen molar-refractivity contribution in [1.82, 2.24) is 14.9 Å². The zero-order valence-corrected chi connectivity index (χ0v) is 14.6. The van der Waals surface area contributed by atoms with Crippen LogP contribution in [-0.4, -0.2) is 27.8 Å². The summed E-state index contributed by atoms with van der Waals surface area (Å²) in [7, 11) is 0. The molecule has 1 amide bonds. The number of nitrogens with zero attached hydrogens (tertiary/aromatic N) is 2. The monoisotopic (exact) mass is 375 g/mol. The number of fused-ring (bicyclic) bond motifs is 1. The molecule has 8 heteroatoms. The van der Waals surface area contributed by atoms with Crippen LogP contribution in [0.25, 0.3) is 16.6 Å². The molecule has 0 bridgehead atoms. The zero-order chi connectivity index (χ0) is 18.7. The van der Waals surface area contributed by atoms with E-state index in [0.29, 0.717) is 23.5 Å². The minimum absolute atomic E-state index is 0.0153. The molecule has 3 aromatic rings. The van der Waals surface area contributed by atoms with Crippen molar-refractivity contribution < 1.29 is 13.6 Å². The van der Waals surface area contributed by atoms with E-state index < -0.39 is 17.2 Å². The molecule has 134 valence electrons. The number of aromatic nitrogens is 2. The Balaban J connectivity index is 2.17. The van der Waals surface area contributed by atoms with Crippen molar-refractivity contribution in [1.29, 1.82) is 0 Å². The van der Waals surface area contributed by atoms with Crippen LogP contribution in [0.15, 0.2) is 52.4 Å². The highest BCUT2D eigenvalue weighted by Gasteiger charge is 2.17. The maximum absolute atomic E-state index is 14.3. The van der Waals surface area contributed by atoms with Crippen LogP contribution in [-0.2, 0) is 4.79 Å². The van der Waals surface area contributed by atoms with Gasteiger partial charge in [-0.05, 0) is 31.2 Å². The van der Waals surface area contributed by atoms with Crippen LogP contribution in [0.3, 0.4) is 0 Å². The number of hydrogen-bond acceptors (Lipinski definition) is 4. The molecule has 0 saturated heterocycles. The summed E-state index contributed by atoms with van der Waals surface area (Å²) in [6.07, 6.45) is 0. The van der Waals surface area contributed by atoms with E-state index in [-0.39, 0.29) is 22.5 Å². The molecule has 0 aliphatic heterocycles. The summed E-state index contributed by atoms with van der Waals surface area (Å²) in [4.78, 5) is 29.1. The third-order valence-corrected chi connectivity index (χ3v) is 4.54. The lowest BCUT2D eigenvalue weighted by atomic mass is 10.2. The molecule has 0 saturated carbocycles. The number of para-hydroxylation sites is 1. The summed E-state index contributed by atoms with van der Waals surface area (Å²) in [5.41, 5.74) is -0.165. The van der Waals surface area contributed by atoms with Gasteiger partial charge in [0, 0.05) is 12.6 Å². The number of hydrogen-bond donors (Lipinski definition) is 1. The maximum atomic E-state index is 14.3. The molecule has 1 heterocycles. The topological polar surface area (TPSA) is 64.0 Å². The summed E-state index contributed by atoms with van der Waals surface area (Å²) < 4.78 is 28.6. The van der Waals surface area contributed by atoms with Gasteiger partial charge in [-0.3, -0.25) is 14.2 Å². The number of benzene rings is 2. The van der Waals surface area contributed by atoms with E-state index >= 15 is 0 Å². The molecule has 1 N–H and O–H groups in total. The van der Waals surface area contributed by atoms with Crippen molar-refractivity contribution in [3.05, 3.63) is 64.5 Å². The number of amides is 1. The van der Waals surface area contributed by atoms with E-state index in [1.165, 1.54) is 6.07 Å². The average molecular weight is 375 g/mol. The van der Waals surface area contributed by atoms with Crippen molar-refractivity contribution in [2.24, 2.45) is 0 Å². The first-order valence-electron chi connectivity index (χ1n) is 7.88. The van der Waals surface area contributed by atoms with Crippen molar-refractivity contribution in [3.8, 4) is 5.69 Å². The van der Waals surface area contributed by atoms with Gasteiger partial charge in [0.25, 0.3) is 5.56 Å². The van der Waals surface area contributed by atoms with Crippen molar-refractivity contribution in [2.75, 3.05) is 12.3 Å². The quantitative estimate of drug-likeness (QED) is 0.550. The molecule has 0 aliphatic rings. The molecule has 0 atom stereocenters.